The molecular weight excluding hydrogens is 415 g/mol. The van der Waals surface area contributed by atoms with E-state index in [1.807, 2.05) is 25.1 Å². The molecule has 3 aromatic rings. The molecule has 2 aromatic heterocycles. The molecule has 6 nitrogen and oxygen atoms in total. The molecule has 1 fully saturated rings. The van der Waals surface area contributed by atoms with Gasteiger partial charge in [0.15, 0.2) is 0 Å². The van der Waals surface area contributed by atoms with Gasteiger partial charge >= 0.3 is 0 Å². The van der Waals surface area contributed by atoms with E-state index in [2.05, 4.69) is 21.8 Å². The van der Waals surface area contributed by atoms with Crippen molar-refractivity contribution < 1.29 is 13.9 Å². The lowest BCUT2D eigenvalue weighted by molar-refractivity contribution is -0.129. The van der Waals surface area contributed by atoms with Crippen molar-refractivity contribution in [2.45, 2.75) is 59.0 Å². The highest BCUT2D eigenvalue weighted by Crippen LogP contribution is 2.29. The molecule has 2 aliphatic heterocycles. The minimum absolute atomic E-state index is 0.000766. The number of carbonyl (C=O) groups is 1. The number of aromatic nitrogens is 2. The van der Waals surface area contributed by atoms with E-state index in [0.29, 0.717) is 37.6 Å². The predicted octanol–water partition coefficient (Wildman–Crippen LogP) is 4.04. The Morgan fingerprint density at radius 2 is 2.13 bits per heavy atom. The van der Waals surface area contributed by atoms with Gasteiger partial charge in [-0.3, -0.25) is 9.69 Å². The minimum Gasteiger partial charge on any atom is -0.473 e. The Kier molecular flexibility index (Phi) is 5.14. The van der Waals surface area contributed by atoms with E-state index in [0.717, 1.165) is 32.9 Å². The molecule has 162 valence electrons. The van der Waals surface area contributed by atoms with E-state index >= 15 is 0 Å². The number of aryl methyl sites for hydroxylation is 1. The number of benzene rings is 1. The number of fused-ring (bicyclic) bond motifs is 2. The monoisotopic (exact) mass is 440 g/mol. The maximum Gasteiger partial charge on any atom is 0.220 e. The van der Waals surface area contributed by atoms with E-state index in [4.69, 9.17) is 4.74 Å². The summed E-state index contributed by atoms with van der Waals surface area (Å²) in [5, 5.41) is 0.947. The topological polar surface area (TPSA) is 58.6 Å². The van der Waals surface area contributed by atoms with E-state index in [1.165, 1.54) is 11.3 Å². The van der Waals surface area contributed by atoms with Crippen molar-refractivity contribution in [3.8, 4) is 5.88 Å². The first-order valence-electron chi connectivity index (χ1n) is 10.6. The van der Waals surface area contributed by atoms with Gasteiger partial charge in [-0.15, -0.1) is 11.3 Å². The van der Waals surface area contributed by atoms with E-state index in [-0.39, 0.29) is 23.9 Å². The number of hydrogen-bond acceptors (Lipinski definition) is 6. The summed E-state index contributed by atoms with van der Waals surface area (Å²) in [6, 6.07) is 7.63. The predicted molar refractivity (Wildman–Crippen MR) is 117 cm³/mol. The van der Waals surface area contributed by atoms with Gasteiger partial charge in [-0.2, -0.15) is 0 Å². The van der Waals surface area contributed by atoms with Crippen molar-refractivity contribution in [2.75, 3.05) is 6.54 Å². The van der Waals surface area contributed by atoms with E-state index in [1.54, 1.807) is 17.9 Å². The fraction of sp³-hybridized carbons (Fsp3) is 0.435. The van der Waals surface area contributed by atoms with Crippen LogP contribution in [0.15, 0.2) is 24.3 Å². The van der Waals surface area contributed by atoms with Gasteiger partial charge in [0.05, 0.1) is 27.5 Å². The summed E-state index contributed by atoms with van der Waals surface area (Å²) in [5.41, 5.74) is 3.52. The van der Waals surface area contributed by atoms with Gasteiger partial charge in [0, 0.05) is 50.7 Å². The largest absolute Gasteiger partial charge is 0.473 e. The first-order chi connectivity index (χ1) is 14.9. The number of hydrogen-bond donors (Lipinski definition) is 0. The molecule has 31 heavy (non-hydrogen) atoms. The number of likely N-dealkylation sites (tertiary alicyclic amines) is 1. The van der Waals surface area contributed by atoms with Crippen LogP contribution in [0, 0.1) is 12.7 Å². The lowest BCUT2D eigenvalue weighted by atomic mass is 10.1. The number of pyridine rings is 1. The van der Waals surface area contributed by atoms with Crippen LogP contribution in [-0.4, -0.2) is 44.4 Å². The minimum atomic E-state index is -0.178. The summed E-state index contributed by atoms with van der Waals surface area (Å²) < 4.78 is 21.7. The van der Waals surface area contributed by atoms with Gasteiger partial charge in [0.1, 0.15) is 11.9 Å². The van der Waals surface area contributed by atoms with Gasteiger partial charge in [-0.05, 0) is 37.6 Å². The molecule has 0 unspecified atom stereocenters. The first kappa shape index (κ1) is 20.3. The molecule has 0 N–H and O–H groups in total. The lowest BCUT2D eigenvalue weighted by Gasteiger charge is -2.21. The average molecular weight is 441 g/mol. The zero-order chi connectivity index (χ0) is 21.7. The van der Waals surface area contributed by atoms with Crippen LogP contribution < -0.4 is 4.74 Å². The fourth-order valence-corrected chi connectivity index (χ4v) is 5.33. The summed E-state index contributed by atoms with van der Waals surface area (Å²) >= 11 is 1.52. The number of amides is 1. The van der Waals surface area contributed by atoms with Crippen molar-refractivity contribution in [2.24, 2.45) is 0 Å². The number of ether oxygens (including phenoxy) is 1. The second-order valence-electron chi connectivity index (χ2n) is 8.53. The Bertz CT molecular complexity index is 1160. The molecule has 1 aromatic carbocycles. The highest BCUT2D eigenvalue weighted by Gasteiger charge is 2.32. The summed E-state index contributed by atoms with van der Waals surface area (Å²) in [7, 11) is 0. The first-order valence-corrected chi connectivity index (χ1v) is 11.4. The molecule has 2 aliphatic rings. The number of thiazole rings is 1. The van der Waals surface area contributed by atoms with Gasteiger partial charge in [-0.1, -0.05) is 0 Å². The Labute approximate surface area is 184 Å². The zero-order valence-electron chi connectivity index (χ0n) is 17.9. The summed E-state index contributed by atoms with van der Waals surface area (Å²) in [6.45, 7) is 8.06. The Morgan fingerprint density at radius 3 is 2.94 bits per heavy atom. The van der Waals surface area contributed by atoms with Gasteiger partial charge in [0.2, 0.25) is 11.8 Å². The van der Waals surface area contributed by atoms with Crippen molar-refractivity contribution >= 4 is 27.5 Å². The third-order valence-electron chi connectivity index (χ3n) is 6.18. The maximum absolute atomic E-state index is 14.7. The summed E-state index contributed by atoms with van der Waals surface area (Å²) in [6.07, 6.45) is 0.858. The van der Waals surface area contributed by atoms with Gasteiger partial charge < -0.3 is 9.64 Å². The average Bonchev–Trinajstić information content (AvgIpc) is 3.38. The van der Waals surface area contributed by atoms with Crippen LogP contribution in [0.5, 0.6) is 5.88 Å². The van der Waals surface area contributed by atoms with Crippen molar-refractivity contribution in [1.82, 2.24) is 19.8 Å². The van der Waals surface area contributed by atoms with Gasteiger partial charge in [0.25, 0.3) is 0 Å². The lowest BCUT2D eigenvalue weighted by Crippen LogP contribution is -2.28. The van der Waals surface area contributed by atoms with Crippen LogP contribution in [0.3, 0.4) is 0 Å². The Morgan fingerprint density at radius 1 is 1.29 bits per heavy atom. The Hall–Kier alpha value is -2.58. The van der Waals surface area contributed by atoms with Crippen LogP contribution in [0.4, 0.5) is 4.39 Å². The molecule has 0 aliphatic carbocycles. The highest BCUT2D eigenvalue weighted by molar-refractivity contribution is 7.18. The SMILES string of the molecule is CC(=O)N1Cc2ccc(O[C@@H]3C[C@H](C)N(Cc4cc5nc(C)sc5cc4F)C3)nc2C1. The molecule has 0 saturated carbocycles. The number of rotatable bonds is 4. The molecule has 0 radical (unpaired) electrons. The van der Waals surface area contributed by atoms with Crippen LogP contribution in [0.1, 0.15) is 42.1 Å². The zero-order valence-corrected chi connectivity index (χ0v) is 18.7. The highest BCUT2D eigenvalue weighted by atomic mass is 32.1. The molecule has 2 atom stereocenters. The molecule has 8 heteroatoms. The van der Waals surface area contributed by atoms with Crippen LogP contribution in [-0.2, 0) is 24.4 Å². The van der Waals surface area contributed by atoms with Crippen molar-refractivity contribution in [3.05, 3.63) is 51.9 Å². The van der Waals surface area contributed by atoms with E-state index in [9.17, 15) is 9.18 Å². The molecule has 0 spiro atoms. The molecule has 4 heterocycles. The second kappa shape index (κ2) is 7.84. The summed E-state index contributed by atoms with van der Waals surface area (Å²) in [5.74, 6) is 0.468. The molecule has 0 bridgehead atoms. The molecule has 5 rings (SSSR count). The Balaban J connectivity index is 1.26. The third kappa shape index (κ3) is 4.02. The van der Waals surface area contributed by atoms with Crippen LogP contribution in [0.2, 0.25) is 0 Å². The second-order valence-corrected chi connectivity index (χ2v) is 9.76. The van der Waals surface area contributed by atoms with Crippen LogP contribution in [0.25, 0.3) is 10.2 Å². The van der Waals surface area contributed by atoms with Gasteiger partial charge in [-0.25, -0.2) is 14.4 Å². The standard InChI is InChI=1S/C23H25FN4O2S/c1-13-6-18(30-23-5-4-16-9-28(15(3)29)12-21(16)26-23)11-27(13)10-17-7-20-22(8-19(17)24)31-14(2)25-20/h4-5,7-8,13,18H,6,9-12H2,1-3H3/t13-,18+/m0/s1. The van der Waals surface area contributed by atoms with E-state index < -0.39 is 0 Å². The quantitative estimate of drug-likeness (QED) is 0.613. The summed E-state index contributed by atoms with van der Waals surface area (Å²) in [4.78, 5) is 24.8. The maximum atomic E-state index is 14.7. The fourth-order valence-electron chi connectivity index (χ4n) is 4.49. The number of nitrogens with zero attached hydrogens (tertiary/aromatic N) is 4. The van der Waals surface area contributed by atoms with Crippen molar-refractivity contribution in [1.29, 1.82) is 0 Å². The molecular formula is C23H25FN4O2S. The third-order valence-corrected chi connectivity index (χ3v) is 7.11. The molecule has 1 saturated heterocycles. The number of carbonyl (C=O) groups excluding carboxylic acids is 1. The number of halogens is 1. The van der Waals surface area contributed by atoms with Crippen LogP contribution >= 0.6 is 11.3 Å². The molecule has 1 amide bonds. The smallest absolute Gasteiger partial charge is 0.220 e. The van der Waals surface area contributed by atoms with Crippen molar-refractivity contribution in [3.63, 3.8) is 0 Å². The normalized spacial score (nSPS) is 21.1.